The Kier molecular flexibility index (Phi) is 16.9. The molecule has 0 aromatic heterocycles. The van der Waals surface area contributed by atoms with E-state index in [1.165, 1.54) is 31.2 Å². The predicted molar refractivity (Wildman–Crippen MR) is 91.1 cm³/mol. The van der Waals surface area contributed by atoms with Crippen LogP contribution in [0.15, 0.2) is 30.3 Å². The number of benzene rings is 1. The van der Waals surface area contributed by atoms with Crippen molar-refractivity contribution in [3.05, 3.63) is 35.9 Å². The van der Waals surface area contributed by atoms with Gasteiger partial charge in [0.05, 0.1) is 0 Å². The molecular formula is C19H34O. The first kappa shape index (κ1) is 21.2. The Balaban J connectivity index is 0. The number of aryl methyl sites for hydroxylation is 1. The third-order valence-electron chi connectivity index (χ3n) is 2.59. The summed E-state index contributed by atoms with van der Waals surface area (Å²) in [6.07, 6.45) is 6.26. The zero-order valence-corrected chi connectivity index (χ0v) is 14.4. The van der Waals surface area contributed by atoms with Crippen LogP contribution in [0, 0.1) is 12.8 Å². The van der Waals surface area contributed by atoms with Crippen molar-refractivity contribution in [1.29, 1.82) is 0 Å². The van der Waals surface area contributed by atoms with E-state index in [1.807, 2.05) is 32.0 Å². The van der Waals surface area contributed by atoms with E-state index in [2.05, 4.69) is 32.9 Å². The number of hydrogen-bond acceptors (Lipinski definition) is 1. The van der Waals surface area contributed by atoms with Crippen molar-refractivity contribution in [3.8, 4) is 0 Å². The molecule has 116 valence electrons. The highest BCUT2D eigenvalue weighted by Gasteiger charge is 1.95. The van der Waals surface area contributed by atoms with Crippen molar-refractivity contribution < 1.29 is 4.79 Å². The molecule has 0 N–H and O–H groups in total. The highest BCUT2D eigenvalue weighted by atomic mass is 16.1. The Bertz CT molecular complexity index is 297. The smallest absolute Gasteiger partial charge is 0.130 e. The first-order valence-corrected chi connectivity index (χ1v) is 7.95. The number of rotatable bonds is 5. The first-order chi connectivity index (χ1) is 9.43. The van der Waals surface area contributed by atoms with Gasteiger partial charge in [-0.2, -0.15) is 0 Å². The number of carbonyl (C=O) groups excluding carboxylic acids is 1. The summed E-state index contributed by atoms with van der Waals surface area (Å²) < 4.78 is 0. The van der Waals surface area contributed by atoms with Crippen LogP contribution in [0.2, 0.25) is 0 Å². The van der Waals surface area contributed by atoms with Crippen LogP contribution >= 0.6 is 0 Å². The van der Waals surface area contributed by atoms with Crippen LogP contribution in [0.1, 0.15) is 72.3 Å². The number of hydrogen-bond donors (Lipinski definition) is 0. The van der Waals surface area contributed by atoms with Gasteiger partial charge in [-0.15, -0.1) is 0 Å². The summed E-state index contributed by atoms with van der Waals surface area (Å²) in [4.78, 5) is 10.3. The lowest BCUT2D eigenvalue weighted by molar-refractivity contribution is -0.117. The number of Topliss-reactive ketones (excluding diaryl/α,β-unsaturated/α-hetero) is 1. The molecule has 0 aliphatic carbocycles. The Morgan fingerprint density at radius 1 is 1.00 bits per heavy atom. The predicted octanol–water partition coefficient (Wildman–Crippen LogP) is 6.20. The summed E-state index contributed by atoms with van der Waals surface area (Å²) in [7, 11) is 0. The van der Waals surface area contributed by atoms with Gasteiger partial charge in [-0.25, -0.2) is 0 Å². The van der Waals surface area contributed by atoms with Gasteiger partial charge in [0.15, 0.2) is 0 Å². The van der Waals surface area contributed by atoms with Gasteiger partial charge in [0.1, 0.15) is 5.78 Å². The molecule has 0 fully saturated rings. The summed E-state index contributed by atoms with van der Waals surface area (Å²) in [5.74, 6) is 0.813. The fourth-order valence-electron chi connectivity index (χ4n) is 1.61. The summed E-state index contributed by atoms with van der Waals surface area (Å²) in [6, 6.07) is 10.3. The van der Waals surface area contributed by atoms with E-state index in [4.69, 9.17) is 0 Å². The molecule has 0 saturated heterocycles. The molecule has 1 rings (SSSR count). The molecule has 0 amide bonds. The van der Waals surface area contributed by atoms with Crippen LogP contribution in [-0.4, -0.2) is 5.78 Å². The van der Waals surface area contributed by atoms with Gasteiger partial charge in [-0.3, -0.25) is 0 Å². The number of ketones is 1. The van der Waals surface area contributed by atoms with Crippen molar-refractivity contribution in [1.82, 2.24) is 0 Å². The molecular weight excluding hydrogens is 244 g/mol. The first-order valence-electron chi connectivity index (χ1n) is 7.95. The molecule has 0 saturated carbocycles. The maximum atomic E-state index is 10.3. The summed E-state index contributed by atoms with van der Waals surface area (Å²) in [6.45, 7) is 12.3. The van der Waals surface area contributed by atoms with Crippen LogP contribution in [0.25, 0.3) is 0 Å². The molecule has 1 aromatic rings. The van der Waals surface area contributed by atoms with E-state index in [1.54, 1.807) is 6.92 Å². The lowest BCUT2D eigenvalue weighted by Gasteiger charge is -1.95. The molecule has 0 radical (unpaired) electrons. The van der Waals surface area contributed by atoms with Crippen molar-refractivity contribution in [2.45, 2.75) is 73.6 Å². The molecule has 0 atom stereocenters. The van der Waals surface area contributed by atoms with Crippen LogP contribution < -0.4 is 0 Å². The Morgan fingerprint density at radius 3 is 1.60 bits per heavy atom. The Morgan fingerprint density at radius 2 is 1.45 bits per heavy atom. The standard InChI is InChI=1S/C7H8.C6H12O.C6H14/c1-7-5-3-2-4-6-7;1-5(2)4-6(3)7;1-3-5-6-4-2/h2-6H,1H3;5H,4H2,1-3H3;3-6H2,1-2H3. The van der Waals surface area contributed by atoms with E-state index >= 15 is 0 Å². The molecule has 0 aliphatic rings. The second-order valence-electron chi connectivity index (χ2n) is 5.66. The van der Waals surface area contributed by atoms with Gasteiger partial charge < -0.3 is 4.79 Å². The maximum absolute atomic E-state index is 10.3. The van der Waals surface area contributed by atoms with E-state index in [0.717, 1.165) is 6.42 Å². The quantitative estimate of drug-likeness (QED) is 0.586. The second-order valence-corrected chi connectivity index (χ2v) is 5.66. The minimum atomic E-state index is 0.287. The van der Waals surface area contributed by atoms with Crippen molar-refractivity contribution >= 4 is 5.78 Å². The molecule has 0 bridgehead atoms. The maximum Gasteiger partial charge on any atom is 0.130 e. The molecule has 0 spiro atoms. The fraction of sp³-hybridized carbons (Fsp3) is 0.632. The van der Waals surface area contributed by atoms with Crippen LogP contribution in [0.4, 0.5) is 0 Å². The highest BCUT2D eigenvalue weighted by Crippen LogP contribution is 1.98. The van der Waals surface area contributed by atoms with E-state index in [9.17, 15) is 4.79 Å². The van der Waals surface area contributed by atoms with Gasteiger partial charge in [-0.1, -0.05) is 89.3 Å². The third kappa shape index (κ3) is 22.1. The molecule has 20 heavy (non-hydrogen) atoms. The molecule has 1 heteroatoms. The van der Waals surface area contributed by atoms with Gasteiger partial charge in [0.2, 0.25) is 0 Å². The molecule has 0 aliphatic heterocycles. The van der Waals surface area contributed by atoms with Gasteiger partial charge in [-0.05, 0) is 19.8 Å². The van der Waals surface area contributed by atoms with Gasteiger partial charge in [0.25, 0.3) is 0 Å². The molecule has 0 heterocycles. The average Bonchev–Trinajstić information content (AvgIpc) is 2.37. The van der Waals surface area contributed by atoms with Crippen LogP contribution in [0.3, 0.4) is 0 Å². The largest absolute Gasteiger partial charge is 0.300 e. The molecule has 1 aromatic carbocycles. The van der Waals surface area contributed by atoms with Crippen molar-refractivity contribution in [2.24, 2.45) is 5.92 Å². The topological polar surface area (TPSA) is 17.1 Å². The fourth-order valence-corrected chi connectivity index (χ4v) is 1.61. The Labute approximate surface area is 126 Å². The SMILES string of the molecule is CC(=O)CC(C)C.CCCCCC.Cc1ccccc1. The third-order valence-corrected chi connectivity index (χ3v) is 2.59. The summed E-state index contributed by atoms with van der Waals surface area (Å²) in [5, 5.41) is 0. The van der Waals surface area contributed by atoms with E-state index in [0.29, 0.717) is 5.92 Å². The number of carbonyl (C=O) groups is 1. The van der Waals surface area contributed by atoms with Crippen LogP contribution in [-0.2, 0) is 4.79 Å². The zero-order chi connectivity index (χ0) is 15.8. The Hall–Kier alpha value is -1.11. The zero-order valence-electron chi connectivity index (χ0n) is 14.4. The number of unbranched alkanes of at least 4 members (excludes halogenated alkanes) is 3. The molecule has 0 unspecified atom stereocenters. The minimum absolute atomic E-state index is 0.287. The summed E-state index contributed by atoms with van der Waals surface area (Å²) in [5.41, 5.74) is 1.32. The van der Waals surface area contributed by atoms with Crippen molar-refractivity contribution in [2.75, 3.05) is 0 Å². The van der Waals surface area contributed by atoms with Crippen LogP contribution in [0.5, 0.6) is 0 Å². The monoisotopic (exact) mass is 278 g/mol. The summed E-state index contributed by atoms with van der Waals surface area (Å²) >= 11 is 0. The average molecular weight is 278 g/mol. The minimum Gasteiger partial charge on any atom is -0.300 e. The normalized spacial score (nSPS) is 9.15. The highest BCUT2D eigenvalue weighted by molar-refractivity contribution is 5.75. The van der Waals surface area contributed by atoms with Crippen molar-refractivity contribution in [3.63, 3.8) is 0 Å². The second kappa shape index (κ2) is 15.9. The van der Waals surface area contributed by atoms with E-state index in [-0.39, 0.29) is 5.78 Å². The lowest BCUT2D eigenvalue weighted by atomic mass is 10.1. The lowest BCUT2D eigenvalue weighted by Crippen LogP contribution is -1.95. The van der Waals surface area contributed by atoms with Gasteiger partial charge >= 0.3 is 0 Å². The molecule has 1 nitrogen and oxygen atoms in total. The van der Waals surface area contributed by atoms with E-state index < -0.39 is 0 Å². The van der Waals surface area contributed by atoms with Gasteiger partial charge in [0, 0.05) is 6.42 Å².